The van der Waals surface area contributed by atoms with E-state index in [-0.39, 0.29) is 12.5 Å². The summed E-state index contributed by atoms with van der Waals surface area (Å²) in [6, 6.07) is 3.39. The van der Waals surface area contributed by atoms with Crippen molar-refractivity contribution in [2.45, 2.75) is 6.92 Å². The van der Waals surface area contributed by atoms with Crippen molar-refractivity contribution >= 4 is 23.3 Å². The smallest absolute Gasteiger partial charge is 0.239 e. The van der Waals surface area contributed by atoms with Gasteiger partial charge in [-0.25, -0.2) is 0 Å². The van der Waals surface area contributed by atoms with E-state index in [2.05, 4.69) is 15.5 Å². The molecular formula is C9H13ClN4O. The van der Waals surface area contributed by atoms with Gasteiger partial charge in [-0.15, -0.1) is 10.2 Å². The summed E-state index contributed by atoms with van der Waals surface area (Å²) >= 11 is 5.62. The summed E-state index contributed by atoms with van der Waals surface area (Å²) in [6.45, 7) is 2.90. The number of hydrogen-bond acceptors (Lipinski definition) is 4. The van der Waals surface area contributed by atoms with Crippen LogP contribution in [0, 0.1) is 0 Å². The maximum atomic E-state index is 11.2. The minimum absolute atomic E-state index is 0.0615. The maximum Gasteiger partial charge on any atom is 0.239 e. The Morgan fingerprint density at radius 3 is 2.73 bits per heavy atom. The molecule has 0 fully saturated rings. The molecule has 1 N–H and O–H groups in total. The van der Waals surface area contributed by atoms with Crippen LogP contribution in [0.3, 0.4) is 0 Å². The van der Waals surface area contributed by atoms with E-state index in [1.807, 2.05) is 11.8 Å². The zero-order chi connectivity index (χ0) is 11.3. The first-order valence-corrected chi connectivity index (χ1v) is 5.00. The monoisotopic (exact) mass is 228 g/mol. The number of carbonyl (C=O) groups is 1. The number of rotatable bonds is 4. The fourth-order valence-electron chi connectivity index (χ4n) is 1.08. The van der Waals surface area contributed by atoms with E-state index < -0.39 is 0 Å². The van der Waals surface area contributed by atoms with Gasteiger partial charge in [0.05, 0.1) is 6.54 Å². The van der Waals surface area contributed by atoms with Crippen molar-refractivity contribution in [1.82, 2.24) is 15.5 Å². The van der Waals surface area contributed by atoms with Gasteiger partial charge in [0, 0.05) is 13.6 Å². The van der Waals surface area contributed by atoms with Gasteiger partial charge in [-0.2, -0.15) is 0 Å². The average Bonchev–Trinajstić information content (AvgIpc) is 2.27. The van der Waals surface area contributed by atoms with Gasteiger partial charge in [-0.1, -0.05) is 11.6 Å². The van der Waals surface area contributed by atoms with Gasteiger partial charge in [-0.05, 0) is 19.1 Å². The molecule has 0 unspecified atom stereocenters. The lowest BCUT2D eigenvalue weighted by Crippen LogP contribution is -2.36. The van der Waals surface area contributed by atoms with Crippen LogP contribution in [0.25, 0.3) is 0 Å². The third kappa shape index (κ3) is 3.36. The maximum absolute atomic E-state index is 11.2. The highest BCUT2D eigenvalue weighted by molar-refractivity contribution is 6.29. The van der Waals surface area contributed by atoms with Gasteiger partial charge >= 0.3 is 0 Å². The van der Waals surface area contributed by atoms with Crippen LogP contribution < -0.4 is 10.2 Å². The van der Waals surface area contributed by atoms with Crippen molar-refractivity contribution in [3.05, 3.63) is 17.3 Å². The molecule has 0 atom stereocenters. The molecule has 1 aromatic rings. The van der Waals surface area contributed by atoms with E-state index >= 15 is 0 Å². The Bertz CT molecular complexity index is 327. The minimum Gasteiger partial charge on any atom is -0.358 e. The Kier molecular flexibility index (Phi) is 4.30. The second-order valence-corrected chi connectivity index (χ2v) is 3.29. The Morgan fingerprint density at radius 2 is 2.27 bits per heavy atom. The van der Waals surface area contributed by atoms with E-state index in [9.17, 15) is 4.79 Å². The molecule has 0 saturated carbocycles. The number of likely N-dealkylation sites (N-methyl/N-ethyl adjacent to an activating group) is 2. The first kappa shape index (κ1) is 11.7. The summed E-state index contributed by atoms with van der Waals surface area (Å²) in [7, 11) is 1.60. The van der Waals surface area contributed by atoms with Gasteiger partial charge in [0.2, 0.25) is 5.91 Å². The number of halogens is 1. The summed E-state index contributed by atoms with van der Waals surface area (Å²) in [6.07, 6.45) is 0. The third-order valence-corrected chi connectivity index (χ3v) is 2.14. The van der Waals surface area contributed by atoms with Gasteiger partial charge in [-0.3, -0.25) is 4.79 Å². The highest BCUT2D eigenvalue weighted by atomic mass is 35.5. The van der Waals surface area contributed by atoms with E-state index in [4.69, 9.17) is 11.6 Å². The number of aromatic nitrogens is 2. The fraction of sp³-hybridized carbons (Fsp3) is 0.444. The average molecular weight is 229 g/mol. The quantitative estimate of drug-likeness (QED) is 0.825. The summed E-state index contributed by atoms with van der Waals surface area (Å²) in [5.74, 6) is 0.583. The normalized spacial score (nSPS) is 9.80. The van der Waals surface area contributed by atoms with Crippen LogP contribution in [0.15, 0.2) is 12.1 Å². The molecule has 0 aromatic carbocycles. The number of amides is 1. The Hall–Kier alpha value is -1.36. The van der Waals surface area contributed by atoms with E-state index in [0.717, 1.165) is 0 Å². The second kappa shape index (κ2) is 5.50. The van der Waals surface area contributed by atoms with Crippen LogP contribution in [0.4, 0.5) is 5.82 Å². The van der Waals surface area contributed by atoms with Gasteiger partial charge in [0.25, 0.3) is 0 Å². The molecule has 82 valence electrons. The van der Waals surface area contributed by atoms with E-state index in [0.29, 0.717) is 17.5 Å². The van der Waals surface area contributed by atoms with Crippen LogP contribution >= 0.6 is 11.6 Å². The Labute approximate surface area is 93.4 Å². The zero-order valence-corrected chi connectivity index (χ0v) is 9.45. The Balaban J connectivity index is 2.74. The number of anilines is 1. The number of nitrogens with zero attached hydrogens (tertiary/aromatic N) is 3. The molecule has 1 aromatic heterocycles. The molecule has 0 aliphatic heterocycles. The van der Waals surface area contributed by atoms with Gasteiger partial charge < -0.3 is 10.2 Å². The molecule has 0 bridgehead atoms. The topological polar surface area (TPSA) is 58.1 Å². The Morgan fingerprint density at radius 1 is 1.53 bits per heavy atom. The lowest BCUT2D eigenvalue weighted by atomic mass is 10.4. The van der Waals surface area contributed by atoms with E-state index in [1.165, 1.54) is 0 Å². The van der Waals surface area contributed by atoms with Crippen molar-refractivity contribution in [3.63, 3.8) is 0 Å². The van der Waals surface area contributed by atoms with Crippen LogP contribution in [0.2, 0.25) is 5.15 Å². The van der Waals surface area contributed by atoms with E-state index in [1.54, 1.807) is 19.2 Å². The zero-order valence-electron chi connectivity index (χ0n) is 8.70. The van der Waals surface area contributed by atoms with Crippen molar-refractivity contribution in [1.29, 1.82) is 0 Å². The number of hydrogen-bond donors (Lipinski definition) is 1. The predicted octanol–water partition coefficient (Wildman–Crippen LogP) is 0.702. The van der Waals surface area contributed by atoms with Crippen LogP contribution in [-0.2, 0) is 4.79 Å². The van der Waals surface area contributed by atoms with Gasteiger partial charge in [0.15, 0.2) is 11.0 Å². The first-order chi connectivity index (χ1) is 7.17. The van der Waals surface area contributed by atoms with Crippen LogP contribution in [0.1, 0.15) is 6.92 Å². The molecule has 0 saturated heterocycles. The summed E-state index contributed by atoms with van der Waals surface area (Å²) in [5.41, 5.74) is 0. The van der Waals surface area contributed by atoms with Crippen molar-refractivity contribution in [2.24, 2.45) is 0 Å². The SMILES string of the molecule is CCN(CC(=O)NC)c1ccc(Cl)nn1. The molecule has 1 rings (SSSR count). The summed E-state index contributed by atoms with van der Waals surface area (Å²) in [5, 5.41) is 10.5. The molecule has 1 amide bonds. The van der Waals surface area contributed by atoms with Crippen molar-refractivity contribution in [2.75, 3.05) is 25.0 Å². The number of carbonyl (C=O) groups excluding carboxylic acids is 1. The second-order valence-electron chi connectivity index (χ2n) is 2.90. The molecule has 0 spiro atoms. The molecule has 0 aliphatic rings. The summed E-state index contributed by atoms with van der Waals surface area (Å²) < 4.78 is 0. The fourth-order valence-corrected chi connectivity index (χ4v) is 1.19. The van der Waals surface area contributed by atoms with Crippen LogP contribution in [0.5, 0.6) is 0 Å². The molecule has 0 radical (unpaired) electrons. The lowest BCUT2D eigenvalue weighted by Gasteiger charge is -2.19. The third-order valence-electron chi connectivity index (χ3n) is 1.94. The summed E-state index contributed by atoms with van der Waals surface area (Å²) in [4.78, 5) is 13.0. The number of nitrogens with one attached hydrogen (secondary N) is 1. The van der Waals surface area contributed by atoms with Crippen LogP contribution in [-0.4, -0.2) is 36.2 Å². The molecule has 6 heteroatoms. The first-order valence-electron chi connectivity index (χ1n) is 4.62. The van der Waals surface area contributed by atoms with Crippen molar-refractivity contribution in [3.8, 4) is 0 Å². The highest BCUT2D eigenvalue weighted by Gasteiger charge is 2.09. The predicted molar refractivity (Wildman–Crippen MR) is 59.0 cm³/mol. The standard InChI is InChI=1S/C9H13ClN4O/c1-3-14(6-9(15)11-2)8-5-4-7(10)12-13-8/h4-5H,3,6H2,1-2H3,(H,11,15). The molecule has 15 heavy (non-hydrogen) atoms. The molecule has 5 nitrogen and oxygen atoms in total. The van der Waals surface area contributed by atoms with Crippen molar-refractivity contribution < 1.29 is 4.79 Å². The molecule has 0 aliphatic carbocycles. The molecule has 1 heterocycles. The minimum atomic E-state index is -0.0615. The van der Waals surface area contributed by atoms with Gasteiger partial charge in [0.1, 0.15) is 0 Å². The highest BCUT2D eigenvalue weighted by Crippen LogP contribution is 2.10. The molecular weight excluding hydrogens is 216 g/mol. The lowest BCUT2D eigenvalue weighted by molar-refractivity contribution is -0.119. The largest absolute Gasteiger partial charge is 0.358 e.